The Balaban J connectivity index is 3.12. The van der Waals surface area contributed by atoms with Crippen molar-refractivity contribution in [2.45, 2.75) is 13.3 Å². The highest BCUT2D eigenvalue weighted by Crippen LogP contribution is 2.25. The molecule has 0 amide bonds. The molecule has 0 atom stereocenters. The van der Waals surface area contributed by atoms with Crippen molar-refractivity contribution in [2.24, 2.45) is 0 Å². The fourth-order valence-corrected chi connectivity index (χ4v) is 1.92. The maximum Gasteiger partial charge on any atom is 0.307 e. The minimum atomic E-state index is -0.850. The molecule has 2 nitrogen and oxygen atoms in total. The van der Waals surface area contributed by atoms with Crippen LogP contribution in [0, 0.1) is 6.92 Å². The maximum atomic E-state index is 10.5. The van der Waals surface area contributed by atoms with Crippen LogP contribution in [0.2, 0.25) is 5.02 Å². The lowest BCUT2D eigenvalue weighted by Gasteiger charge is -2.05. The van der Waals surface area contributed by atoms with Crippen LogP contribution in [0.1, 0.15) is 11.1 Å². The number of hydrogen-bond donors (Lipinski definition) is 1. The van der Waals surface area contributed by atoms with Gasteiger partial charge in [0.25, 0.3) is 0 Å². The lowest BCUT2D eigenvalue weighted by molar-refractivity contribution is -0.136. The van der Waals surface area contributed by atoms with Gasteiger partial charge in [0.1, 0.15) is 0 Å². The lowest BCUT2D eigenvalue weighted by Crippen LogP contribution is -2.02. The molecule has 0 spiro atoms. The summed E-state index contributed by atoms with van der Waals surface area (Å²) in [5, 5.41) is 9.16. The fraction of sp³-hybridized carbons (Fsp3) is 0.222. The van der Waals surface area contributed by atoms with Gasteiger partial charge in [0.15, 0.2) is 0 Å². The van der Waals surface area contributed by atoms with Gasteiger partial charge in [-0.15, -0.1) is 0 Å². The number of carboxylic acids is 1. The van der Waals surface area contributed by atoms with E-state index in [1.165, 1.54) is 0 Å². The van der Waals surface area contributed by atoms with Gasteiger partial charge in [-0.05, 0) is 30.2 Å². The van der Waals surface area contributed by atoms with E-state index in [1.807, 2.05) is 6.92 Å². The normalized spacial score (nSPS) is 10.1. The van der Waals surface area contributed by atoms with E-state index in [2.05, 4.69) is 15.9 Å². The highest BCUT2D eigenvalue weighted by Gasteiger charge is 2.07. The molecule has 4 heteroatoms. The zero-order chi connectivity index (χ0) is 10.0. The summed E-state index contributed by atoms with van der Waals surface area (Å²) in [4.78, 5) is 10.5. The molecule has 0 aliphatic heterocycles. The van der Waals surface area contributed by atoms with Crippen molar-refractivity contribution in [3.8, 4) is 0 Å². The Bertz CT molecular complexity index is 350. The molecule has 0 aliphatic rings. The molecule has 13 heavy (non-hydrogen) atoms. The quantitative estimate of drug-likeness (QED) is 0.890. The van der Waals surface area contributed by atoms with Crippen molar-refractivity contribution in [3.63, 3.8) is 0 Å². The second kappa shape index (κ2) is 4.11. The number of carboxylic acid groups (broad SMARTS) is 1. The Morgan fingerprint density at radius 3 is 2.77 bits per heavy atom. The molecule has 0 aromatic heterocycles. The van der Waals surface area contributed by atoms with Crippen molar-refractivity contribution < 1.29 is 9.90 Å². The minimum absolute atomic E-state index is 0.00495. The summed E-state index contributed by atoms with van der Waals surface area (Å²) >= 11 is 9.09. The van der Waals surface area contributed by atoms with Gasteiger partial charge in [0, 0.05) is 9.50 Å². The van der Waals surface area contributed by atoms with Crippen molar-refractivity contribution in [1.82, 2.24) is 0 Å². The molecular formula is C9H8BrClO2. The fourth-order valence-electron chi connectivity index (χ4n) is 1.05. The third-order valence-corrected chi connectivity index (χ3v) is 2.80. The molecule has 0 unspecified atom stereocenters. The van der Waals surface area contributed by atoms with E-state index in [0.29, 0.717) is 5.02 Å². The molecule has 1 aromatic rings. The highest BCUT2D eigenvalue weighted by atomic mass is 79.9. The van der Waals surface area contributed by atoms with E-state index in [9.17, 15) is 4.79 Å². The lowest BCUT2D eigenvalue weighted by atomic mass is 10.1. The summed E-state index contributed by atoms with van der Waals surface area (Å²) in [6, 6.07) is 3.43. The zero-order valence-electron chi connectivity index (χ0n) is 6.97. The first-order valence-corrected chi connectivity index (χ1v) is 4.84. The standard InChI is InChI=1S/C9H8BrClO2/c1-5-6(3-9(12)13)2-7(11)4-8(5)10/h2,4H,3H2,1H3,(H,12,13). The maximum absolute atomic E-state index is 10.5. The summed E-state index contributed by atoms with van der Waals surface area (Å²) in [6.07, 6.45) is 0.00495. The average Bonchev–Trinajstić information content (AvgIpc) is 1.98. The Morgan fingerprint density at radius 1 is 1.62 bits per heavy atom. The van der Waals surface area contributed by atoms with Gasteiger partial charge >= 0.3 is 5.97 Å². The number of aliphatic carboxylic acids is 1. The summed E-state index contributed by atoms with van der Waals surface area (Å²) < 4.78 is 0.844. The predicted molar refractivity (Wildman–Crippen MR) is 55.2 cm³/mol. The SMILES string of the molecule is Cc1c(Br)cc(Cl)cc1CC(=O)O. The molecule has 1 aromatic carbocycles. The number of benzene rings is 1. The van der Waals surface area contributed by atoms with Crippen LogP contribution in [0.4, 0.5) is 0 Å². The van der Waals surface area contributed by atoms with E-state index in [1.54, 1.807) is 12.1 Å². The molecule has 0 bridgehead atoms. The van der Waals surface area contributed by atoms with Crippen molar-refractivity contribution in [1.29, 1.82) is 0 Å². The van der Waals surface area contributed by atoms with Gasteiger partial charge in [-0.3, -0.25) is 4.79 Å². The number of carbonyl (C=O) groups is 1. The van der Waals surface area contributed by atoms with Crippen LogP contribution in [0.5, 0.6) is 0 Å². The highest BCUT2D eigenvalue weighted by molar-refractivity contribution is 9.10. The molecule has 0 radical (unpaired) electrons. The third-order valence-electron chi connectivity index (χ3n) is 1.76. The van der Waals surface area contributed by atoms with Crippen LogP contribution in [-0.2, 0) is 11.2 Å². The van der Waals surface area contributed by atoms with Crippen LogP contribution in [0.3, 0.4) is 0 Å². The average molecular weight is 264 g/mol. The van der Waals surface area contributed by atoms with Gasteiger partial charge in [-0.25, -0.2) is 0 Å². The van der Waals surface area contributed by atoms with Crippen LogP contribution >= 0.6 is 27.5 Å². The number of rotatable bonds is 2. The van der Waals surface area contributed by atoms with Crippen molar-refractivity contribution in [3.05, 3.63) is 32.8 Å². The molecule has 0 heterocycles. The molecule has 0 saturated heterocycles. The largest absolute Gasteiger partial charge is 0.481 e. The minimum Gasteiger partial charge on any atom is -0.481 e. The second-order valence-electron chi connectivity index (χ2n) is 2.74. The van der Waals surface area contributed by atoms with Crippen molar-refractivity contribution >= 4 is 33.5 Å². The van der Waals surface area contributed by atoms with Crippen LogP contribution in [0.25, 0.3) is 0 Å². The Morgan fingerprint density at radius 2 is 2.23 bits per heavy atom. The van der Waals surface area contributed by atoms with Crippen LogP contribution in [-0.4, -0.2) is 11.1 Å². The van der Waals surface area contributed by atoms with E-state index >= 15 is 0 Å². The number of halogens is 2. The smallest absolute Gasteiger partial charge is 0.307 e. The van der Waals surface area contributed by atoms with E-state index in [-0.39, 0.29) is 6.42 Å². The number of hydrogen-bond acceptors (Lipinski definition) is 1. The molecule has 0 aliphatic carbocycles. The van der Waals surface area contributed by atoms with Crippen LogP contribution < -0.4 is 0 Å². The first-order chi connectivity index (χ1) is 6.00. The van der Waals surface area contributed by atoms with Crippen molar-refractivity contribution in [2.75, 3.05) is 0 Å². The topological polar surface area (TPSA) is 37.3 Å². The van der Waals surface area contributed by atoms with E-state index < -0.39 is 5.97 Å². The Hall–Kier alpha value is -0.540. The molecule has 0 fully saturated rings. The first kappa shape index (κ1) is 10.5. The third kappa shape index (κ3) is 2.71. The summed E-state index contributed by atoms with van der Waals surface area (Å²) in [5.41, 5.74) is 1.67. The van der Waals surface area contributed by atoms with E-state index in [4.69, 9.17) is 16.7 Å². The monoisotopic (exact) mass is 262 g/mol. The summed E-state index contributed by atoms with van der Waals surface area (Å²) in [7, 11) is 0. The Kier molecular flexibility index (Phi) is 3.33. The predicted octanol–water partition coefficient (Wildman–Crippen LogP) is 3.04. The molecule has 70 valence electrons. The van der Waals surface area contributed by atoms with Gasteiger partial charge < -0.3 is 5.11 Å². The molecular weight excluding hydrogens is 255 g/mol. The molecule has 0 saturated carbocycles. The molecule has 1 N–H and O–H groups in total. The van der Waals surface area contributed by atoms with Gasteiger partial charge in [0.2, 0.25) is 0 Å². The van der Waals surface area contributed by atoms with E-state index in [0.717, 1.165) is 15.6 Å². The molecule has 1 rings (SSSR count). The van der Waals surface area contributed by atoms with Gasteiger partial charge in [-0.1, -0.05) is 27.5 Å². The first-order valence-electron chi connectivity index (χ1n) is 3.67. The van der Waals surface area contributed by atoms with Gasteiger partial charge in [-0.2, -0.15) is 0 Å². The van der Waals surface area contributed by atoms with Gasteiger partial charge in [0.05, 0.1) is 6.42 Å². The summed E-state index contributed by atoms with van der Waals surface area (Å²) in [6.45, 7) is 1.86. The summed E-state index contributed by atoms with van der Waals surface area (Å²) in [5.74, 6) is -0.850. The van der Waals surface area contributed by atoms with Crippen LogP contribution in [0.15, 0.2) is 16.6 Å². The second-order valence-corrected chi connectivity index (χ2v) is 4.03. The Labute approximate surface area is 89.7 Å². The zero-order valence-corrected chi connectivity index (χ0v) is 9.32.